The maximum atomic E-state index is 10.8. The first kappa shape index (κ1) is 14.0. The minimum Gasteiger partial charge on any atom is -0.475 e. The van der Waals surface area contributed by atoms with Crippen molar-refractivity contribution in [2.24, 2.45) is 0 Å². The molecule has 1 aromatic heterocycles. The normalized spacial score (nSPS) is 11.0. The molecule has 1 N–H and O–H groups in total. The Morgan fingerprint density at radius 3 is 3.00 bits per heavy atom. The van der Waals surface area contributed by atoms with Gasteiger partial charge in [-0.15, -0.1) is 0 Å². The van der Waals surface area contributed by atoms with Crippen LogP contribution in [-0.4, -0.2) is 30.5 Å². The summed E-state index contributed by atoms with van der Waals surface area (Å²) < 4.78 is 10.2. The minimum atomic E-state index is -1.04. The van der Waals surface area contributed by atoms with E-state index in [-0.39, 0.29) is 5.76 Å². The Bertz CT molecular complexity index is 562. The third kappa shape index (κ3) is 3.75. The molecular formula is C14H16O4S. The molecule has 5 heteroatoms. The number of benzene rings is 1. The van der Waals surface area contributed by atoms with E-state index >= 15 is 0 Å². The topological polar surface area (TPSA) is 59.7 Å². The van der Waals surface area contributed by atoms with Crippen molar-refractivity contribution in [3.05, 3.63) is 35.6 Å². The van der Waals surface area contributed by atoms with Gasteiger partial charge >= 0.3 is 5.97 Å². The van der Waals surface area contributed by atoms with E-state index in [9.17, 15) is 4.79 Å². The lowest BCUT2D eigenvalue weighted by atomic mass is 10.2. The Balaban J connectivity index is 1.98. The van der Waals surface area contributed by atoms with Crippen LogP contribution >= 0.6 is 11.8 Å². The summed E-state index contributed by atoms with van der Waals surface area (Å²) in [5.41, 5.74) is 1.79. The van der Waals surface area contributed by atoms with Crippen molar-refractivity contribution in [3.8, 4) is 0 Å². The highest BCUT2D eigenvalue weighted by Gasteiger charge is 2.10. The van der Waals surface area contributed by atoms with Crippen molar-refractivity contribution in [1.82, 2.24) is 0 Å². The summed E-state index contributed by atoms with van der Waals surface area (Å²) in [6.45, 7) is 0.787. The molecular weight excluding hydrogens is 264 g/mol. The first-order chi connectivity index (χ1) is 9.20. The second kappa shape index (κ2) is 6.63. The van der Waals surface area contributed by atoms with E-state index < -0.39 is 5.97 Å². The molecule has 0 aliphatic heterocycles. The van der Waals surface area contributed by atoms with Gasteiger partial charge in [0.2, 0.25) is 5.76 Å². The smallest absolute Gasteiger partial charge is 0.371 e. The second-order valence-electron chi connectivity index (χ2n) is 4.19. The van der Waals surface area contributed by atoms with E-state index in [1.165, 1.54) is 5.56 Å². The number of thioether (sulfide) groups is 1. The zero-order chi connectivity index (χ0) is 13.7. The Kier molecular flexibility index (Phi) is 4.87. The molecule has 102 valence electrons. The van der Waals surface area contributed by atoms with Gasteiger partial charge in [-0.25, -0.2) is 4.79 Å². The van der Waals surface area contributed by atoms with Crippen LogP contribution in [0.1, 0.15) is 22.5 Å². The number of furan rings is 1. The Morgan fingerprint density at radius 2 is 2.26 bits per heavy atom. The van der Waals surface area contributed by atoms with Crippen molar-refractivity contribution in [1.29, 1.82) is 0 Å². The highest BCUT2D eigenvalue weighted by molar-refractivity contribution is 7.98. The maximum absolute atomic E-state index is 10.8. The van der Waals surface area contributed by atoms with Crippen LogP contribution in [-0.2, 0) is 10.5 Å². The average Bonchev–Trinajstić information content (AvgIpc) is 2.82. The van der Waals surface area contributed by atoms with Gasteiger partial charge in [0.15, 0.2) is 0 Å². The molecule has 1 heterocycles. The van der Waals surface area contributed by atoms with E-state index in [4.69, 9.17) is 14.3 Å². The lowest BCUT2D eigenvalue weighted by Gasteiger charge is -2.01. The van der Waals surface area contributed by atoms with Gasteiger partial charge in [0, 0.05) is 24.9 Å². The third-order valence-corrected chi connectivity index (χ3v) is 3.81. The van der Waals surface area contributed by atoms with E-state index in [0.29, 0.717) is 5.58 Å². The number of rotatable bonds is 7. The number of hydrogen-bond acceptors (Lipinski definition) is 4. The first-order valence-electron chi connectivity index (χ1n) is 6.03. The van der Waals surface area contributed by atoms with Crippen LogP contribution in [0.25, 0.3) is 11.0 Å². The van der Waals surface area contributed by atoms with Crippen LogP contribution in [0.5, 0.6) is 0 Å². The van der Waals surface area contributed by atoms with Gasteiger partial charge in [-0.05, 0) is 35.9 Å². The summed E-state index contributed by atoms with van der Waals surface area (Å²) in [5, 5.41) is 9.71. The summed E-state index contributed by atoms with van der Waals surface area (Å²) in [6.07, 6.45) is 1.04. The number of carboxylic acid groups (broad SMARTS) is 1. The standard InChI is InChI=1S/C14H16O4S/c1-17-5-2-6-19-9-10-3-4-12-11(7-10)8-13(18-12)14(15)16/h3-4,7-8H,2,5-6,9H2,1H3,(H,15,16). The van der Waals surface area contributed by atoms with Gasteiger partial charge < -0.3 is 14.3 Å². The summed E-state index contributed by atoms with van der Waals surface area (Å²) in [5.74, 6) is 0.914. The predicted octanol–water partition coefficient (Wildman–Crippen LogP) is 3.40. The molecule has 19 heavy (non-hydrogen) atoms. The lowest BCUT2D eigenvalue weighted by molar-refractivity contribution is 0.0665. The number of carboxylic acids is 1. The van der Waals surface area contributed by atoms with E-state index in [0.717, 1.165) is 29.9 Å². The van der Waals surface area contributed by atoms with Gasteiger partial charge in [0.1, 0.15) is 5.58 Å². The molecule has 0 amide bonds. The number of ether oxygens (including phenoxy) is 1. The van der Waals surface area contributed by atoms with Crippen molar-refractivity contribution in [2.45, 2.75) is 12.2 Å². The number of carbonyl (C=O) groups is 1. The minimum absolute atomic E-state index is 0.0140. The van der Waals surface area contributed by atoms with Gasteiger partial charge in [0.05, 0.1) is 0 Å². The molecule has 0 spiro atoms. The quantitative estimate of drug-likeness (QED) is 0.788. The molecule has 2 aromatic rings. The molecule has 1 aromatic carbocycles. The molecule has 0 fully saturated rings. The van der Waals surface area contributed by atoms with Gasteiger partial charge in [-0.1, -0.05) is 6.07 Å². The maximum Gasteiger partial charge on any atom is 0.371 e. The Morgan fingerprint density at radius 1 is 1.42 bits per heavy atom. The summed E-state index contributed by atoms with van der Waals surface area (Å²) in [4.78, 5) is 10.8. The summed E-state index contributed by atoms with van der Waals surface area (Å²) in [6, 6.07) is 7.35. The molecule has 0 saturated carbocycles. The second-order valence-corrected chi connectivity index (χ2v) is 5.29. The molecule has 0 bridgehead atoms. The first-order valence-corrected chi connectivity index (χ1v) is 7.18. The zero-order valence-corrected chi connectivity index (χ0v) is 11.5. The molecule has 0 aliphatic carbocycles. The van der Waals surface area contributed by atoms with Crippen LogP contribution in [0.15, 0.2) is 28.7 Å². The van der Waals surface area contributed by atoms with E-state index in [1.54, 1.807) is 13.2 Å². The lowest BCUT2D eigenvalue weighted by Crippen LogP contribution is -1.91. The van der Waals surface area contributed by atoms with Gasteiger partial charge in [-0.2, -0.15) is 11.8 Å². The fourth-order valence-electron chi connectivity index (χ4n) is 1.78. The fourth-order valence-corrected chi connectivity index (χ4v) is 2.66. The highest BCUT2D eigenvalue weighted by Crippen LogP contribution is 2.23. The number of aromatic carboxylic acids is 1. The fraction of sp³-hybridized carbons (Fsp3) is 0.357. The molecule has 0 unspecified atom stereocenters. The molecule has 0 aliphatic rings. The summed E-state index contributed by atoms with van der Waals surface area (Å²) >= 11 is 1.84. The van der Waals surface area contributed by atoms with E-state index in [2.05, 4.69) is 0 Å². The van der Waals surface area contributed by atoms with Crippen LogP contribution in [0.2, 0.25) is 0 Å². The third-order valence-electron chi connectivity index (χ3n) is 2.70. The van der Waals surface area contributed by atoms with Crippen LogP contribution in [0, 0.1) is 0 Å². The SMILES string of the molecule is COCCCSCc1ccc2oc(C(=O)O)cc2c1. The average molecular weight is 280 g/mol. The number of hydrogen-bond donors (Lipinski definition) is 1. The molecule has 4 nitrogen and oxygen atoms in total. The van der Waals surface area contributed by atoms with E-state index in [1.807, 2.05) is 30.0 Å². The van der Waals surface area contributed by atoms with Crippen molar-refractivity contribution in [3.63, 3.8) is 0 Å². The van der Waals surface area contributed by atoms with Gasteiger partial charge in [-0.3, -0.25) is 0 Å². The zero-order valence-electron chi connectivity index (χ0n) is 10.7. The van der Waals surface area contributed by atoms with Crippen molar-refractivity contribution >= 4 is 28.7 Å². The van der Waals surface area contributed by atoms with Crippen molar-refractivity contribution in [2.75, 3.05) is 19.5 Å². The summed E-state index contributed by atoms with van der Waals surface area (Å²) in [7, 11) is 1.71. The Labute approximate surface area is 115 Å². The monoisotopic (exact) mass is 280 g/mol. The van der Waals surface area contributed by atoms with Crippen LogP contribution < -0.4 is 0 Å². The molecule has 2 rings (SSSR count). The molecule has 0 atom stereocenters. The molecule has 0 saturated heterocycles. The predicted molar refractivity (Wildman–Crippen MR) is 75.8 cm³/mol. The number of methoxy groups -OCH3 is 1. The van der Waals surface area contributed by atoms with Crippen LogP contribution in [0.4, 0.5) is 0 Å². The molecule has 0 radical (unpaired) electrons. The Hall–Kier alpha value is -1.46. The van der Waals surface area contributed by atoms with Gasteiger partial charge in [0.25, 0.3) is 0 Å². The highest BCUT2D eigenvalue weighted by atomic mass is 32.2. The largest absolute Gasteiger partial charge is 0.475 e. The number of fused-ring (bicyclic) bond motifs is 1. The van der Waals surface area contributed by atoms with Crippen LogP contribution in [0.3, 0.4) is 0 Å². The van der Waals surface area contributed by atoms with Crippen molar-refractivity contribution < 1.29 is 19.1 Å².